The van der Waals surface area contributed by atoms with Gasteiger partial charge in [0, 0.05) is 6.54 Å². The number of anilines is 2. The maximum atomic E-state index is 12.7. The number of hydrogen-bond acceptors (Lipinski definition) is 6. The molecule has 0 bridgehead atoms. The summed E-state index contributed by atoms with van der Waals surface area (Å²) in [6.45, 7) is 3.17. The van der Waals surface area contributed by atoms with Crippen LogP contribution in [0.25, 0.3) is 0 Å². The van der Waals surface area contributed by atoms with Gasteiger partial charge in [-0.25, -0.2) is 4.79 Å². The fourth-order valence-corrected chi connectivity index (χ4v) is 2.95. The van der Waals surface area contributed by atoms with Gasteiger partial charge < -0.3 is 15.4 Å². The summed E-state index contributed by atoms with van der Waals surface area (Å²) < 4.78 is 6.79. The van der Waals surface area contributed by atoms with Crippen LogP contribution in [0.2, 0.25) is 0 Å². The molecule has 3 rings (SSSR count). The molecule has 25 heavy (non-hydrogen) atoms. The van der Waals surface area contributed by atoms with Gasteiger partial charge in [0.2, 0.25) is 0 Å². The molecular formula is C17H20N4O4. The molecule has 0 saturated heterocycles. The average molecular weight is 344 g/mol. The first-order chi connectivity index (χ1) is 12.0. The van der Waals surface area contributed by atoms with E-state index in [-0.39, 0.29) is 17.9 Å². The van der Waals surface area contributed by atoms with Gasteiger partial charge >= 0.3 is 5.69 Å². The first-order valence-electron chi connectivity index (χ1n) is 8.15. The maximum absolute atomic E-state index is 12.7. The van der Waals surface area contributed by atoms with Gasteiger partial charge in [0.15, 0.2) is 5.78 Å². The molecule has 132 valence electrons. The number of Topliss-reactive ketones (excluding diaryl/α,β-unsaturated/α-hetero) is 1. The summed E-state index contributed by atoms with van der Waals surface area (Å²) in [5, 5.41) is 0. The quantitative estimate of drug-likeness (QED) is 0.769. The fourth-order valence-electron chi connectivity index (χ4n) is 2.95. The number of H-pyrrole nitrogens is 1. The number of aromatic amines is 1. The number of rotatable bonds is 5. The summed E-state index contributed by atoms with van der Waals surface area (Å²) in [5.74, 6) is 0.182. The number of fused-ring (bicyclic) bond motifs is 1. The molecule has 0 unspecified atom stereocenters. The van der Waals surface area contributed by atoms with Crippen LogP contribution in [-0.4, -0.2) is 35.0 Å². The minimum atomic E-state index is -0.749. The van der Waals surface area contributed by atoms with E-state index in [4.69, 9.17) is 10.5 Å². The number of carbonyl (C=O) groups excluding carboxylic acids is 1. The van der Waals surface area contributed by atoms with E-state index in [1.54, 1.807) is 0 Å². The van der Waals surface area contributed by atoms with Gasteiger partial charge in [0.05, 0.1) is 18.8 Å². The number of nitrogen functional groups attached to an aromatic ring is 1. The Balaban J connectivity index is 1.94. The molecule has 8 nitrogen and oxygen atoms in total. The van der Waals surface area contributed by atoms with E-state index < -0.39 is 17.0 Å². The number of hydrogen-bond donors (Lipinski definition) is 2. The Morgan fingerprint density at radius 2 is 2.08 bits per heavy atom. The molecule has 8 heteroatoms. The average Bonchev–Trinajstić information content (AvgIpc) is 2.59. The molecule has 0 spiro atoms. The van der Waals surface area contributed by atoms with Crippen LogP contribution in [0.5, 0.6) is 5.75 Å². The fraction of sp³-hybridized carbons (Fsp3) is 0.353. The third-order valence-electron chi connectivity index (χ3n) is 4.12. The van der Waals surface area contributed by atoms with Crippen molar-refractivity contribution in [3.8, 4) is 5.75 Å². The van der Waals surface area contributed by atoms with Crippen molar-refractivity contribution in [1.29, 1.82) is 0 Å². The Kier molecular flexibility index (Phi) is 4.60. The molecule has 1 aromatic carbocycles. The van der Waals surface area contributed by atoms with Crippen LogP contribution in [0, 0.1) is 0 Å². The zero-order valence-corrected chi connectivity index (χ0v) is 13.9. The second-order valence-electron chi connectivity index (χ2n) is 5.83. The van der Waals surface area contributed by atoms with Gasteiger partial charge in [-0.1, -0.05) is 19.1 Å². The largest absolute Gasteiger partial charge is 0.490 e. The Bertz CT molecular complexity index is 916. The van der Waals surface area contributed by atoms with Crippen molar-refractivity contribution in [2.75, 3.05) is 30.3 Å². The molecule has 0 fully saturated rings. The molecule has 2 heterocycles. The zero-order valence-electron chi connectivity index (χ0n) is 13.9. The number of nitrogens with zero attached hydrogens (tertiary/aromatic N) is 2. The predicted molar refractivity (Wildman–Crippen MR) is 94.5 cm³/mol. The summed E-state index contributed by atoms with van der Waals surface area (Å²) in [6.07, 6.45) is 0.653. The smallest absolute Gasteiger partial charge is 0.329 e. The van der Waals surface area contributed by atoms with Crippen LogP contribution in [0.4, 0.5) is 11.5 Å². The molecule has 1 aliphatic heterocycles. The number of ketones is 1. The summed E-state index contributed by atoms with van der Waals surface area (Å²) in [6, 6.07) is 7.39. The Labute approximate surface area is 143 Å². The van der Waals surface area contributed by atoms with Crippen molar-refractivity contribution in [3.63, 3.8) is 0 Å². The van der Waals surface area contributed by atoms with Crippen molar-refractivity contribution >= 4 is 17.3 Å². The number of para-hydroxylation sites is 2. The Hall–Kier alpha value is -3.03. The first kappa shape index (κ1) is 16.8. The van der Waals surface area contributed by atoms with E-state index in [0.29, 0.717) is 31.9 Å². The van der Waals surface area contributed by atoms with E-state index in [9.17, 15) is 14.4 Å². The van der Waals surface area contributed by atoms with Gasteiger partial charge in [-0.2, -0.15) is 0 Å². The lowest BCUT2D eigenvalue weighted by molar-refractivity contribution is 0.0995. The molecule has 2 aromatic rings. The summed E-state index contributed by atoms with van der Waals surface area (Å²) in [7, 11) is 0. The number of benzene rings is 1. The van der Waals surface area contributed by atoms with Crippen LogP contribution in [0.3, 0.4) is 0 Å². The first-order valence-corrected chi connectivity index (χ1v) is 8.15. The zero-order chi connectivity index (χ0) is 18.0. The van der Waals surface area contributed by atoms with Gasteiger partial charge in [-0.3, -0.25) is 19.1 Å². The predicted octanol–water partition coefficient (Wildman–Crippen LogP) is 0.610. The lowest BCUT2D eigenvalue weighted by Gasteiger charge is -2.30. The van der Waals surface area contributed by atoms with E-state index in [0.717, 1.165) is 5.69 Å². The van der Waals surface area contributed by atoms with E-state index in [1.807, 2.05) is 36.1 Å². The van der Waals surface area contributed by atoms with Crippen molar-refractivity contribution in [2.24, 2.45) is 0 Å². The number of ether oxygens (including phenoxy) is 1. The SMILES string of the molecule is CCCn1c(N)c(C(=O)CN2CCOc3ccccc32)c(=O)[nH]c1=O. The summed E-state index contributed by atoms with van der Waals surface area (Å²) >= 11 is 0. The van der Waals surface area contributed by atoms with Crippen molar-refractivity contribution in [2.45, 2.75) is 19.9 Å². The van der Waals surface area contributed by atoms with Crippen molar-refractivity contribution in [3.05, 3.63) is 50.7 Å². The van der Waals surface area contributed by atoms with Crippen LogP contribution in [0.15, 0.2) is 33.9 Å². The molecular weight excluding hydrogens is 324 g/mol. The lowest BCUT2D eigenvalue weighted by atomic mass is 10.1. The van der Waals surface area contributed by atoms with Crippen molar-refractivity contribution < 1.29 is 9.53 Å². The summed E-state index contributed by atoms with van der Waals surface area (Å²) in [4.78, 5) is 40.8. The minimum Gasteiger partial charge on any atom is -0.490 e. The molecule has 0 aliphatic carbocycles. The standard InChI is InChI=1S/C17H20N4O4/c1-2-7-21-15(18)14(16(23)19-17(21)24)12(22)10-20-8-9-25-13-6-4-3-5-11(13)20/h3-6H,2,7-10,18H2,1H3,(H,19,23,24). The summed E-state index contributed by atoms with van der Waals surface area (Å²) in [5.41, 5.74) is 5.22. The van der Waals surface area contributed by atoms with E-state index >= 15 is 0 Å². The molecule has 0 radical (unpaired) electrons. The molecule has 0 amide bonds. The van der Waals surface area contributed by atoms with Gasteiger partial charge in [0.25, 0.3) is 5.56 Å². The highest BCUT2D eigenvalue weighted by Gasteiger charge is 2.24. The Morgan fingerprint density at radius 1 is 1.32 bits per heavy atom. The van der Waals surface area contributed by atoms with E-state index in [1.165, 1.54) is 4.57 Å². The number of carbonyl (C=O) groups is 1. The van der Waals surface area contributed by atoms with Gasteiger partial charge in [-0.05, 0) is 18.6 Å². The van der Waals surface area contributed by atoms with E-state index in [2.05, 4.69) is 4.98 Å². The third kappa shape index (κ3) is 3.15. The highest BCUT2D eigenvalue weighted by Crippen LogP contribution is 2.30. The lowest BCUT2D eigenvalue weighted by Crippen LogP contribution is -2.41. The van der Waals surface area contributed by atoms with Crippen LogP contribution in [0.1, 0.15) is 23.7 Å². The molecule has 1 aromatic heterocycles. The Morgan fingerprint density at radius 3 is 2.84 bits per heavy atom. The van der Waals surface area contributed by atoms with Crippen LogP contribution in [-0.2, 0) is 6.54 Å². The monoisotopic (exact) mass is 344 g/mol. The number of nitrogens with two attached hydrogens (primary N) is 1. The van der Waals surface area contributed by atoms with Gasteiger partial charge in [0.1, 0.15) is 23.7 Å². The minimum absolute atomic E-state index is 0.0159. The normalized spacial score (nSPS) is 13.2. The molecule has 3 N–H and O–H groups in total. The molecule has 0 saturated carbocycles. The molecule has 0 atom stereocenters. The topological polar surface area (TPSA) is 110 Å². The third-order valence-corrected chi connectivity index (χ3v) is 4.12. The van der Waals surface area contributed by atoms with Crippen LogP contribution < -0.4 is 26.6 Å². The van der Waals surface area contributed by atoms with Gasteiger partial charge in [-0.15, -0.1) is 0 Å². The highest BCUT2D eigenvalue weighted by atomic mass is 16.5. The van der Waals surface area contributed by atoms with Crippen molar-refractivity contribution in [1.82, 2.24) is 9.55 Å². The second-order valence-corrected chi connectivity index (χ2v) is 5.83. The number of aromatic nitrogens is 2. The highest BCUT2D eigenvalue weighted by molar-refractivity contribution is 6.02. The number of nitrogens with one attached hydrogen (secondary N) is 1. The molecule has 1 aliphatic rings. The maximum Gasteiger partial charge on any atom is 0.329 e. The second kappa shape index (κ2) is 6.84. The van der Waals surface area contributed by atoms with Crippen LogP contribution >= 0.6 is 0 Å².